The first-order valence-corrected chi connectivity index (χ1v) is 8.34. The van der Waals surface area contributed by atoms with E-state index in [1.165, 1.54) is 4.88 Å². The number of anilines is 1. The van der Waals surface area contributed by atoms with Gasteiger partial charge in [0.15, 0.2) is 5.75 Å². The number of nitrogens with one attached hydrogen (secondary N) is 1. The van der Waals surface area contributed by atoms with Crippen molar-refractivity contribution in [2.45, 2.75) is 13.0 Å². The van der Waals surface area contributed by atoms with Gasteiger partial charge in [0.05, 0.1) is 27.1 Å². The van der Waals surface area contributed by atoms with Gasteiger partial charge in [0.2, 0.25) is 0 Å². The number of rotatable bonds is 4. The average molecular weight is 426 g/mol. The van der Waals surface area contributed by atoms with Crippen molar-refractivity contribution in [3.8, 4) is 5.75 Å². The van der Waals surface area contributed by atoms with Gasteiger partial charge in [-0.1, -0.05) is 11.6 Å². The number of thiophene rings is 1. The van der Waals surface area contributed by atoms with Crippen LogP contribution in [0.4, 0.5) is 5.69 Å². The van der Waals surface area contributed by atoms with Crippen LogP contribution < -0.4 is 10.1 Å². The van der Waals surface area contributed by atoms with E-state index in [0.29, 0.717) is 5.02 Å². The third-order valence-electron chi connectivity index (χ3n) is 2.61. The minimum Gasteiger partial charge on any atom is -0.493 e. The molecular weight excluding hydrogens is 413 g/mol. The predicted molar refractivity (Wildman–Crippen MR) is 89.8 cm³/mol. The highest BCUT2D eigenvalue weighted by atomic mass is 79.9. The van der Waals surface area contributed by atoms with E-state index in [-0.39, 0.29) is 6.04 Å². The highest BCUT2D eigenvalue weighted by molar-refractivity contribution is 9.11. The maximum Gasteiger partial charge on any atom is 0.156 e. The molecule has 0 spiro atoms. The molecule has 1 N–H and O–H groups in total. The molecule has 1 atom stereocenters. The van der Waals surface area contributed by atoms with Crippen LogP contribution in [-0.4, -0.2) is 7.11 Å². The smallest absolute Gasteiger partial charge is 0.156 e. The standard InChI is InChI=1S/C13H12Br2ClNOS/c1-7(11-3-4-12(15)19-11)17-10-6-8(16)5-9(14)13(10)18-2/h3-7,17H,1-2H3. The van der Waals surface area contributed by atoms with Crippen LogP contribution in [0, 0.1) is 0 Å². The molecule has 0 saturated heterocycles. The van der Waals surface area contributed by atoms with E-state index in [4.69, 9.17) is 16.3 Å². The molecule has 0 aliphatic carbocycles. The Morgan fingerprint density at radius 2 is 2.05 bits per heavy atom. The van der Waals surface area contributed by atoms with Gasteiger partial charge in [0.1, 0.15) is 0 Å². The Kier molecular flexibility index (Phi) is 5.17. The van der Waals surface area contributed by atoms with Crippen LogP contribution >= 0.6 is 54.8 Å². The van der Waals surface area contributed by atoms with Crippen LogP contribution in [-0.2, 0) is 0 Å². The van der Waals surface area contributed by atoms with Gasteiger partial charge < -0.3 is 10.1 Å². The Morgan fingerprint density at radius 3 is 2.63 bits per heavy atom. The maximum absolute atomic E-state index is 6.08. The van der Waals surface area contributed by atoms with Gasteiger partial charge in [-0.25, -0.2) is 0 Å². The summed E-state index contributed by atoms with van der Waals surface area (Å²) in [5, 5.41) is 4.08. The number of halogens is 3. The summed E-state index contributed by atoms with van der Waals surface area (Å²) in [5.74, 6) is 0.756. The number of ether oxygens (including phenoxy) is 1. The molecule has 1 aromatic heterocycles. The lowest BCUT2D eigenvalue weighted by molar-refractivity contribution is 0.413. The van der Waals surface area contributed by atoms with Crippen molar-refractivity contribution < 1.29 is 4.74 Å². The first kappa shape index (κ1) is 15.2. The Labute approximate surface area is 138 Å². The molecule has 2 nitrogen and oxygen atoms in total. The summed E-state index contributed by atoms with van der Waals surface area (Å²) in [4.78, 5) is 1.24. The quantitative estimate of drug-likeness (QED) is 0.638. The SMILES string of the molecule is COc1c(Br)cc(Cl)cc1NC(C)c1ccc(Br)s1. The minimum absolute atomic E-state index is 0.176. The molecule has 0 bridgehead atoms. The molecule has 1 aromatic carbocycles. The van der Waals surface area contributed by atoms with Crippen LogP contribution in [0.5, 0.6) is 5.75 Å². The Hall–Kier alpha value is -0.230. The van der Waals surface area contributed by atoms with Crippen molar-refractivity contribution in [1.29, 1.82) is 0 Å². The zero-order valence-electron chi connectivity index (χ0n) is 10.3. The second-order valence-corrected chi connectivity index (χ2v) is 7.76. The van der Waals surface area contributed by atoms with Crippen LogP contribution in [0.1, 0.15) is 17.8 Å². The summed E-state index contributed by atoms with van der Waals surface area (Å²) in [6, 6.07) is 8.00. The first-order valence-electron chi connectivity index (χ1n) is 5.56. The van der Waals surface area contributed by atoms with E-state index in [1.54, 1.807) is 18.4 Å². The molecule has 19 heavy (non-hydrogen) atoms. The summed E-state index contributed by atoms with van der Waals surface area (Å²) in [6.45, 7) is 2.10. The van der Waals surface area contributed by atoms with E-state index in [1.807, 2.05) is 18.2 Å². The van der Waals surface area contributed by atoms with Gasteiger partial charge in [-0.05, 0) is 63.0 Å². The van der Waals surface area contributed by atoms with Crippen LogP contribution in [0.15, 0.2) is 32.5 Å². The fourth-order valence-electron chi connectivity index (χ4n) is 1.74. The van der Waals surface area contributed by atoms with Crippen molar-refractivity contribution in [2.24, 2.45) is 0 Å². The lowest BCUT2D eigenvalue weighted by atomic mass is 10.2. The van der Waals surface area contributed by atoms with Crippen molar-refractivity contribution in [1.82, 2.24) is 0 Å². The zero-order chi connectivity index (χ0) is 14.0. The topological polar surface area (TPSA) is 21.3 Å². The van der Waals surface area contributed by atoms with Crippen LogP contribution in [0.3, 0.4) is 0 Å². The molecular formula is C13H12Br2ClNOS. The highest BCUT2D eigenvalue weighted by Gasteiger charge is 2.14. The molecule has 102 valence electrons. The monoisotopic (exact) mass is 423 g/mol. The molecule has 0 radical (unpaired) electrons. The van der Waals surface area contributed by atoms with E-state index >= 15 is 0 Å². The summed E-state index contributed by atoms with van der Waals surface area (Å²) in [5.41, 5.74) is 0.874. The number of methoxy groups -OCH3 is 1. The van der Waals surface area contributed by atoms with Gasteiger partial charge in [-0.15, -0.1) is 11.3 Å². The minimum atomic E-state index is 0.176. The fourth-order valence-corrected chi connectivity index (χ4v) is 4.14. The van der Waals surface area contributed by atoms with Gasteiger partial charge in [-0.3, -0.25) is 0 Å². The highest BCUT2D eigenvalue weighted by Crippen LogP contribution is 2.38. The summed E-state index contributed by atoms with van der Waals surface area (Å²) in [6.07, 6.45) is 0. The molecule has 1 heterocycles. The lowest BCUT2D eigenvalue weighted by Crippen LogP contribution is -2.06. The average Bonchev–Trinajstić information content (AvgIpc) is 2.75. The van der Waals surface area contributed by atoms with E-state index in [2.05, 4.69) is 50.2 Å². The second kappa shape index (κ2) is 6.48. The summed E-state index contributed by atoms with van der Waals surface area (Å²) >= 11 is 14.7. The normalized spacial score (nSPS) is 12.3. The second-order valence-electron chi connectivity index (χ2n) is 3.98. The van der Waals surface area contributed by atoms with Crippen molar-refractivity contribution in [2.75, 3.05) is 12.4 Å². The van der Waals surface area contributed by atoms with Crippen molar-refractivity contribution in [3.63, 3.8) is 0 Å². The van der Waals surface area contributed by atoms with Gasteiger partial charge in [0, 0.05) is 9.90 Å². The molecule has 1 unspecified atom stereocenters. The van der Waals surface area contributed by atoms with E-state index < -0.39 is 0 Å². The van der Waals surface area contributed by atoms with Gasteiger partial charge in [0.25, 0.3) is 0 Å². The van der Waals surface area contributed by atoms with Crippen LogP contribution in [0.2, 0.25) is 5.02 Å². The van der Waals surface area contributed by atoms with E-state index in [0.717, 1.165) is 19.7 Å². The Morgan fingerprint density at radius 1 is 1.32 bits per heavy atom. The van der Waals surface area contributed by atoms with E-state index in [9.17, 15) is 0 Å². The maximum atomic E-state index is 6.08. The van der Waals surface area contributed by atoms with Crippen LogP contribution in [0.25, 0.3) is 0 Å². The molecule has 6 heteroatoms. The third-order valence-corrected chi connectivity index (χ3v) is 5.22. The molecule has 0 amide bonds. The molecule has 0 aliphatic heterocycles. The summed E-state index contributed by atoms with van der Waals surface area (Å²) < 4.78 is 7.36. The number of hydrogen-bond acceptors (Lipinski definition) is 3. The van der Waals surface area contributed by atoms with Gasteiger partial charge in [-0.2, -0.15) is 0 Å². The molecule has 0 fully saturated rings. The van der Waals surface area contributed by atoms with Crippen molar-refractivity contribution in [3.05, 3.63) is 42.4 Å². The number of benzene rings is 1. The van der Waals surface area contributed by atoms with Gasteiger partial charge >= 0.3 is 0 Å². The zero-order valence-corrected chi connectivity index (χ0v) is 15.1. The third kappa shape index (κ3) is 3.66. The summed E-state index contributed by atoms with van der Waals surface area (Å²) in [7, 11) is 1.64. The fraction of sp³-hybridized carbons (Fsp3) is 0.231. The molecule has 2 aromatic rings. The Balaban J connectivity index is 2.27. The first-order chi connectivity index (χ1) is 9.01. The number of hydrogen-bond donors (Lipinski definition) is 1. The molecule has 2 rings (SSSR count). The predicted octanol–water partition coefficient (Wildman–Crippen LogP) is 6.11. The molecule has 0 saturated carbocycles. The molecule has 0 aliphatic rings. The largest absolute Gasteiger partial charge is 0.493 e. The lowest BCUT2D eigenvalue weighted by Gasteiger charge is -2.17. The van der Waals surface area contributed by atoms with Crippen molar-refractivity contribution >= 4 is 60.5 Å². The Bertz CT molecular complexity index is 588.